The van der Waals surface area contributed by atoms with Crippen LogP contribution in [0, 0.1) is 6.92 Å². The van der Waals surface area contributed by atoms with Gasteiger partial charge < -0.3 is 19.1 Å². The Bertz CT molecular complexity index is 911. The van der Waals surface area contributed by atoms with Gasteiger partial charge in [-0.2, -0.15) is 0 Å². The van der Waals surface area contributed by atoms with Crippen LogP contribution in [0.5, 0.6) is 11.5 Å². The van der Waals surface area contributed by atoms with Crippen LogP contribution in [0.4, 0.5) is 0 Å². The molecule has 0 radical (unpaired) electrons. The van der Waals surface area contributed by atoms with Crippen molar-refractivity contribution in [1.29, 1.82) is 0 Å². The van der Waals surface area contributed by atoms with Crippen LogP contribution in [0.1, 0.15) is 21.6 Å². The number of carbonyl (C=O) groups is 1. The molecule has 1 N–H and O–H groups in total. The molecule has 5 nitrogen and oxygen atoms in total. The number of carboxylic acid groups (broad SMARTS) is 1. The minimum Gasteiger partial charge on any atom is -0.497 e. The normalized spacial score (nSPS) is 10.8. The van der Waals surface area contributed by atoms with Gasteiger partial charge in [0.15, 0.2) is 0 Å². The van der Waals surface area contributed by atoms with Crippen LogP contribution in [0.3, 0.4) is 0 Å². The topological polar surface area (TPSA) is 60.7 Å². The van der Waals surface area contributed by atoms with Crippen molar-refractivity contribution in [3.63, 3.8) is 0 Å². The number of carboxylic acids is 1. The molecular formula is C19H19NO4. The number of rotatable bonds is 5. The number of aryl methyl sites for hydroxylation is 1. The lowest BCUT2D eigenvalue weighted by Crippen LogP contribution is -2.10. The van der Waals surface area contributed by atoms with Crippen molar-refractivity contribution in [3.8, 4) is 11.5 Å². The minimum absolute atomic E-state index is 0.293. The van der Waals surface area contributed by atoms with Gasteiger partial charge in [-0.1, -0.05) is 12.1 Å². The van der Waals surface area contributed by atoms with E-state index in [2.05, 4.69) is 0 Å². The number of aromatic carboxylic acids is 1. The van der Waals surface area contributed by atoms with Crippen molar-refractivity contribution >= 4 is 16.9 Å². The summed E-state index contributed by atoms with van der Waals surface area (Å²) in [4.78, 5) is 11.8. The predicted octanol–water partition coefficient (Wildman–Crippen LogP) is 3.71. The van der Waals surface area contributed by atoms with Crippen LogP contribution in [0.15, 0.2) is 42.5 Å². The molecule has 0 aliphatic rings. The van der Waals surface area contributed by atoms with Crippen molar-refractivity contribution in [2.45, 2.75) is 13.5 Å². The third-order valence-electron chi connectivity index (χ3n) is 4.20. The van der Waals surface area contributed by atoms with Gasteiger partial charge in [0.25, 0.3) is 0 Å². The number of fused-ring (bicyclic) bond motifs is 1. The van der Waals surface area contributed by atoms with E-state index < -0.39 is 5.97 Å². The molecule has 1 heterocycles. The molecule has 0 unspecified atom stereocenters. The van der Waals surface area contributed by atoms with E-state index in [4.69, 9.17) is 9.47 Å². The van der Waals surface area contributed by atoms with Gasteiger partial charge >= 0.3 is 5.97 Å². The third kappa shape index (κ3) is 2.69. The molecule has 2 aromatic carbocycles. The summed E-state index contributed by atoms with van der Waals surface area (Å²) in [5.74, 6) is 0.504. The fourth-order valence-corrected chi connectivity index (χ4v) is 3.02. The molecule has 24 heavy (non-hydrogen) atoms. The van der Waals surface area contributed by atoms with E-state index in [0.717, 1.165) is 27.8 Å². The van der Waals surface area contributed by atoms with E-state index >= 15 is 0 Å². The smallest absolute Gasteiger partial charge is 0.352 e. The first kappa shape index (κ1) is 15.9. The van der Waals surface area contributed by atoms with Gasteiger partial charge in [-0.3, -0.25) is 0 Å². The molecule has 0 aliphatic carbocycles. The van der Waals surface area contributed by atoms with Crippen molar-refractivity contribution in [2.24, 2.45) is 0 Å². The fraction of sp³-hybridized carbons (Fsp3) is 0.211. The zero-order valence-electron chi connectivity index (χ0n) is 13.9. The van der Waals surface area contributed by atoms with E-state index in [1.165, 1.54) is 0 Å². The summed E-state index contributed by atoms with van der Waals surface area (Å²) < 4.78 is 12.4. The van der Waals surface area contributed by atoms with Crippen molar-refractivity contribution in [2.75, 3.05) is 14.2 Å². The average Bonchev–Trinajstić information content (AvgIpc) is 2.86. The molecule has 0 fully saturated rings. The maximum absolute atomic E-state index is 11.8. The number of hydrogen-bond donors (Lipinski definition) is 1. The van der Waals surface area contributed by atoms with Gasteiger partial charge in [-0.05, 0) is 42.3 Å². The van der Waals surface area contributed by atoms with Crippen LogP contribution in [-0.4, -0.2) is 29.9 Å². The monoisotopic (exact) mass is 325 g/mol. The molecule has 0 bridgehead atoms. The minimum atomic E-state index is -0.939. The first-order valence-electron chi connectivity index (χ1n) is 7.58. The van der Waals surface area contributed by atoms with E-state index in [1.54, 1.807) is 14.2 Å². The van der Waals surface area contributed by atoms with Crippen molar-refractivity contribution in [1.82, 2.24) is 4.57 Å². The van der Waals surface area contributed by atoms with Crippen LogP contribution in [0.2, 0.25) is 0 Å². The second kappa shape index (κ2) is 6.28. The number of ether oxygens (including phenoxy) is 2. The molecule has 3 aromatic rings. The lowest BCUT2D eigenvalue weighted by Gasteiger charge is -2.10. The SMILES string of the molecule is COc1cccc(Cn2c(C(=O)O)c(C)c3ccc(OC)cc32)c1. The average molecular weight is 325 g/mol. The first-order chi connectivity index (χ1) is 11.5. The van der Waals surface area contributed by atoms with Crippen molar-refractivity contribution in [3.05, 3.63) is 59.3 Å². The van der Waals surface area contributed by atoms with Crippen molar-refractivity contribution < 1.29 is 19.4 Å². The summed E-state index contributed by atoms with van der Waals surface area (Å²) in [6.45, 7) is 2.27. The maximum atomic E-state index is 11.8. The Morgan fingerprint density at radius 1 is 1.08 bits per heavy atom. The van der Waals surface area contributed by atoms with Gasteiger partial charge in [0.2, 0.25) is 0 Å². The van der Waals surface area contributed by atoms with Crippen LogP contribution in [0.25, 0.3) is 10.9 Å². The maximum Gasteiger partial charge on any atom is 0.352 e. The van der Waals surface area contributed by atoms with E-state index in [1.807, 2.05) is 54.0 Å². The van der Waals surface area contributed by atoms with Crippen LogP contribution >= 0.6 is 0 Å². The Balaban J connectivity index is 2.20. The first-order valence-corrected chi connectivity index (χ1v) is 7.58. The molecule has 1 aromatic heterocycles. The van der Waals surface area contributed by atoms with E-state index in [0.29, 0.717) is 18.0 Å². The number of aromatic nitrogens is 1. The van der Waals surface area contributed by atoms with Gasteiger partial charge in [0.1, 0.15) is 17.2 Å². The Labute approximate surface area is 140 Å². The Morgan fingerprint density at radius 3 is 2.46 bits per heavy atom. The predicted molar refractivity (Wildman–Crippen MR) is 92.3 cm³/mol. The Morgan fingerprint density at radius 2 is 1.79 bits per heavy atom. The summed E-state index contributed by atoms with van der Waals surface area (Å²) in [5.41, 5.74) is 2.85. The van der Waals surface area contributed by atoms with Crippen LogP contribution < -0.4 is 9.47 Å². The number of nitrogens with zero attached hydrogens (tertiary/aromatic N) is 1. The van der Waals surface area contributed by atoms with Gasteiger partial charge in [0.05, 0.1) is 19.7 Å². The summed E-state index contributed by atoms with van der Waals surface area (Å²) in [7, 11) is 3.21. The van der Waals surface area contributed by atoms with E-state index in [9.17, 15) is 9.90 Å². The molecule has 124 valence electrons. The standard InChI is InChI=1S/C19H19NO4/c1-12-16-8-7-15(24-3)10-17(16)20(18(12)19(21)22)11-13-5-4-6-14(9-13)23-2/h4-10H,11H2,1-3H3,(H,21,22). The summed E-state index contributed by atoms with van der Waals surface area (Å²) in [6.07, 6.45) is 0. The zero-order valence-corrected chi connectivity index (χ0v) is 13.9. The molecule has 3 rings (SSSR count). The Hall–Kier alpha value is -2.95. The molecule has 0 amide bonds. The van der Waals surface area contributed by atoms with Gasteiger partial charge in [0, 0.05) is 18.0 Å². The van der Waals surface area contributed by atoms with E-state index in [-0.39, 0.29) is 0 Å². The molecule has 0 saturated carbocycles. The largest absolute Gasteiger partial charge is 0.497 e. The zero-order chi connectivity index (χ0) is 17.3. The lowest BCUT2D eigenvalue weighted by atomic mass is 10.1. The Kier molecular flexibility index (Phi) is 4.16. The number of hydrogen-bond acceptors (Lipinski definition) is 3. The number of methoxy groups -OCH3 is 2. The molecule has 5 heteroatoms. The lowest BCUT2D eigenvalue weighted by molar-refractivity contribution is 0.0685. The summed E-state index contributed by atoms with van der Waals surface area (Å²) in [5, 5.41) is 10.6. The second-order valence-electron chi connectivity index (χ2n) is 5.60. The van der Waals surface area contributed by atoms with Gasteiger partial charge in [-0.25, -0.2) is 4.79 Å². The van der Waals surface area contributed by atoms with Crippen LogP contribution in [-0.2, 0) is 6.54 Å². The highest BCUT2D eigenvalue weighted by Crippen LogP contribution is 2.30. The molecule has 0 atom stereocenters. The molecular weight excluding hydrogens is 306 g/mol. The molecule has 0 spiro atoms. The molecule has 0 aliphatic heterocycles. The molecule has 0 saturated heterocycles. The number of benzene rings is 2. The highest BCUT2D eigenvalue weighted by atomic mass is 16.5. The second-order valence-corrected chi connectivity index (χ2v) is 5.60. The highest BCUT2D eigenvalue weighted by Gasteiger charge is 2.20. The summed E-state index contributed by atoms with van der Waals surface area (Å²) in [6, 6.07) is 13.2. The quantitative estimate of drug-likeness (QED) is 0.777. The third-order valence-corrected chi connectivity index (χ3v) is 4.20. The fourth-order valence-electron chi connectivity index (χ4n) is 3.02. The van der Waals surface area contributed by atoms with Gasteiger partial charge in [-0.15, -0.1) is 0 Å². The highest BCUT2D eigenvalue weighted by molar-refractivity contribution is 5.98. The summed E-state index contributed by atoms with van der Waals surface area (Å²) >= 11 is 0.